The Balaban J connectivity index is 1.64. The summed E-state index contributed by atoms with van der Waals surface area (Å²) in [5.41, 5.74) is 1.18. The van der Waals surface area contributed by atoms with Crippen molar-refractivity contribution in [3.8, 4) is 0 Å². The van der Waals surface area contributed by atoms with E-state index in [0.717, 1.165) is 46.7 Å². The predicted octanol–water partition coefficient (Wildman–Crippen LogP) is 5.07. The number of nitro groups is 1. The molecule has 9 nitrogen and oxygen atoms in total. The molecule has 3 aromatic rings. The number of amides is 1. The molecule has 1 aliphatic rings. The van der Waals surface area contributed by atoms with Gasteiger partial charge in [-0.15, -0.1) is 11.3 Å². The predicted molar refractivity (Wildman–Crippen MR) is 152 cm³/mol. The minimum Gasteiger partial charge on any atom is -0.332 e. The van der Waals surface area contributed by atoms with Gasteiger partial charge in [-0.2, -0.15) is 4.31 Å². The first kappa shape index (κ1) is 30.1. The number of thiophene rings is 1. The second kappa shape index (κ2) is 13.2. The third-order valence-corrected chi connectivity index (χ3v) is 10.0. The van der Waals surface area contributed by atoms with Crippen LogP contribution in [0.5, 0.6) is 0 Å². The average molecular weight is 609 g/mol. The first-order chi connectivity index (χ1) is 19.0. The van der Waals surface area contributed by atoms with Gasteiger partial charge in [-0.05, 0) is 79.7 Å². The monoisotopic (exact) mass is 608 g/mol. The van der Waals surface area contributed by atoms with Gasteiger partial charge in [0.15, 0.2) is 0 Å². The molecule has 0 unspecified atom stereocenters. The molecule has 0 radical (unpaired) electrons. The third kappa shape index (κ3) is 7.43. The van der Waals surface area contributed by atoms with Crippen LogP contribution in [-0.2, 0) is 27.9 Å². The molecule has 13 heteroatoms. The Morgan fingerprint density at radius 3 is 2.45 bits per heavy atom. The fourth-order valence-electron chi connectivity index (χ4n) is 4.52. The Kier molecular flexibility index (Phi) is 9.90. The molecule has 0 N–H and O–H groups in total. The van der Waals surface area contributed by atoms with E-state index in [0.29, 0.717) is 12.1 Å². The zero-order valence-corrected chi connectivity index (χ0v) is 24.4. The highest BCUT2D eigenvalue weighted by Crippen LogP contribution is 2.29. The maximum Gasteiger partial charge on any atom is 0.289 e. The standard InChI is InChI=1S/C27H30ClFN4O5S2/c1-20-10-15-39-26(20)18-31(17-21-4-6-22(29)7-5-21)27(34)19-32(14-13-30-11-2-3-12-30)40(37,38)23-8-9-24(28)25(16-23)33(35)36/h4-10,15-16H,2-3,11-14,17-19H2,1H3. The second-order valence-corrected chi connectivity index (χ2v) is 13.0. The number of nitro benzene ring substituents is 1. The van der Waals surface area contributed by atoms with E-state index in [1.165, 1.54) is 35.6 Å². The Bertz CT molecular complexity index is 1460. The van der Waals surface area contributed by atoms with E-state index in [2.05, 4.69) is 4.90 Å². The highest BCUT2D eigenvalue weighted by atomic mass is 35.5. The van der Waals surface area contributed by atoms with Gasteiger partial charge in [0.1, 0.15) is 10.8 Å². The van der Waals surface area contributed by atoms with Crippen LogP contribution in [0.1, 0.15) is 28.8 Å². The van der Waals surface area contributed by atoms with E-state index in [1.54, 1.807) is 17.0 Å². The van der Waals surface area contributed by atoms with Gasteiger partial charge < -0.3 is 9.80 Å². The fraction of sp³-hybridized carbons (Fsp3) is 0.370. The van der Waals surface area contributed by atoms with E-state index in [9.17, 15) is 27.7 Å². The molecule has 0 bridgehead atoms. The van der Waals surface area contributed by atoms with Crippen LogP contribution in [0.2, 0.25) is 5.02 Å². The minimum atomic E-state index is -4.29. The van der Waals surface area contributed by atoms with Crippen molar-refractivity contribution in [1.29, 1.82) is 0 Å². The van der Waals surface area contributed by atoms with Gasteiger partial charge in [0.05, 0.1) is 22.9 Å². The third-order valence-electron chi connectivity index (χ3n) is 6.87. The molecule has 0 spiro atoms. The van der Waals surface area contributed by atoms with Crippen molar-refractivity contribution >= 4 is 44.6 Å². The zero-order valence-electron chi connectivity index (χ0n) is 22.0. The number of hydrogen-bond acceptors (Lipinski definition) is 7. The maximum absolute atomic E-state index is 13.8. The highest BCUT2D eigenvalue weighted by Gasteiger charge is 2.31. The van der Waals surface area contributed by atoms with Gasteiger partial charge in [-0.3, -0.25) is 14.9 Å². The summed E-state index contributed by atoms with van der Waals surface area (Å²) in [6, 6.07) is 11.1. The Hall–Kier alpha value is -2.90. The van der Waals surface area contributed by atoms with E-state index < -0.39 is 38.9 Å². The maximum atomic E-state index is 13.8. The molecule has 0 saturated carbocycles. The Morgan fingerprint density at radius 1 is 1.12 bits per heavy atom. The van der Waals surface area contributed by atoms with E-state index in [1.807, 2.05) is 18.4 Å². The topological polar surface area (TPSA) is 104 Å². The summed E-state index contributed by atoms with van der Waals surface area (Å²) in [6.45, 7) is 4.02. The molecule has 40 heavy (non-hydrogen) atoms. The van der Waals surface area contributed by atoms with Gasteiger partial charge in [-0.25, -0.2) is 12.8 Å². The molecule has 4 rings (SSSR count). The molecule has 1 saturated heterocycles. The first-order valence-corrected chi connectivity index (χ1v) is 15.5. The van der Waals surface area contributed by atoms with Crippen LogP contribution in [0.4, 0.5) is 10.1 Å². The van der Waals surface area contributed by atoms with Crippen LogP contribution >= 0.6 is 22.9 Å². The van der Waals surface area contributed by atoms with Crippen LogP contribution < -0.4 is 0 Å². The lowest BCUT2D eigenvalue weighted by Crippen LogP contribution is -2.45. The number of aryl methyl sites for hydroxylation is 1. The quantitative estimate of drug-likeness (QED) is 0.210. The average Bonchev–Trinajstić information content (AvgIpc) is 3.59. The van der Waals surface area contributed by atoms with E-state index >= 15 is 0 Å². The van der Waals surface area contributed by atoms with E-state index in [4.69, 9.17) is 11.6 Å². The number of carbonyl (C=O) groups is 1. The SMILES string of the molecule is Cc1ccsc1CN(Cc1ccc(F)cc1)C(=O)CN(CCN1CCCC1)S(=O)(=O)c1ccc(Cl)c([N+](=O)[O-])c1. The number of rotatable bonds is 12. The number of carbonyl (C=O) groups excluding carboxylic acids is 1. The lowest BCUT2D eigenvalue weighted by Gasteiger charge is -2.28. The summed E-state index contributed by atoms with van der Waals surface area (Å²) in [7, 11) is -4.29. The number of likely N-dealkylation sites (tertiary alicyclic amines) is 1. The second-order valence-electron chi connectivity index (χ2n) is 9.66. The molecule has 0 atom stereocenters. The number of nitrogens with zero attached hydrogens (tertiary/aromatic N) is 4. The van der Waals surface area contributed by atoms with Crippen molar-refractivity contribution < 1.29 is 22.5 Å². The van der Waals surface area contributed by atoms with Gasteiger partial charge in [0.25, 0.3) is 5.69 Å². The van der Waals surface area contributed by atoms with Crippen molar-refractivity contribution in [1.82, 2.24) is 14.1 Å². The summed E-state index contributed by atoms with van der Waals surface area (Å²) < 4.78 is 42.2. The first-order valence-electron chi connectivity index (χ1n) is 12.8. The highest BCUT2D eigenvalue weighted by molar-refractivity contribution is 7.89. The van der Waals surface area contributed by atoms with Crippen LogP contribution in [0, 0.1) is 22.9 Å². The number of sulfonamides is 1. The summed E-state index contributed by atoms with van der Waals surface area (Å²) in [6.07, 6.45) is 2.03. The van der Waals surface area contributed by atoms with Gasteiger partial charge in [0.2, 0.25) is 15.9 Å². The molecule has 1 aliphatic heterocycles. The van der Waals surface area contributed by atoms with Crippen molar-refractivity contribution in [2.45, 2.75) is 37.8 Å². The molecule has 0 aliphatic carbocycles. The normalized spacial score (nSPS) is 14.1. The lowest BCUT2D eigenvalue weighted by atomic mass is 10.2. The molecular formula is C27H30ClFN4O5S2. The van der Waals surface area contributed by atoms with Crippen LogP contribution in [0.25, 0.3) is 0 Å². The largest absolute Gasteiger partial charge is 0.332 e. The van der Waals surface area contributed by atoms with Crippen molar-refractivity contribution in [3.05, 3.63) is 90.9 Å². The number of benzene rings is 2. The summed E-state index contributed by atoms with van der Waals surface area (Å²) in [5.74, 6) is -0.836. The summed E-state index contributed by atoms with van der Waals surface area (Å²) in [4.78, 5) is 28.8. The number of hydrogen-bond donors (Lipinski definition) is 0. The molecule has 214 valence electrons. The summed E-state index contributed by atoms with van der Waals surface area (Å²) in [5, 5.41) is 13.2. The molecule has 1 aromatic heterocycles. The molecular weight excluding hydrogens is 579 g/mol. The molecule has 1 amide bonds. The molecule has 1 fully saturated rings. The minimum absolute atomic E-state index is 0.0346. The zero-order chi connectivity index (χ0) is 28.9. The smallest absolute Gasteiger partial charge is 0.289 e. The summed E-state index contributed by atoms with van der Waals surface area (Å²) >= 11 is 7.41. The van der Waals surface area contributed by atoms with Gasteiger partial charge >= 0.3 is 0 Å². The van der Waals surface area contributed by atoms with Gasteiger partial charge in [-0.1, -0.05) is 23.7 Å². The molecule has 2 heterocycles. The van der Waals surface area contributed by atoms with Gasteiger partial charge in [0, 0.05) is 30.6 Å². The fourth-order valence-corrected chi connectivity index (χ4v) is 7.03. The van der Waals surface area contributed by atoms with E-state index in [-0.39, 0.29) is 29.6 Å². The van der Waals surface area contributed by atoms with Crippen LogP contribution in [0.15, 0.2) is 58.8 Å². The Labute approximate surface area is 242 Å². The Morgan fingerprint density at radius 2 is 1.82 bits per heavy atom. The lowest BCUT2D eigenvalue weighted by molar-refractivity contribution is -0.384. The van der Waals surface area contributed by atoms with Crippen molar-refractivity contribution in [3.63, 3.8) is 0 Å². The van der Waals surface area contributed by atoms with Crippen LogP contribution in [0.3, 0.4) is 0 Å². The van der Waals surface area contributed by atoms with Crippen molar-refractivity contribution in [2.75, 3.05) is 32.7 Å². The van der Waals surface area contributed by atoms with Crippen molar-refractivity contribution in [2.24, 2.45) is 0 Å². The van der Waals surface area contributed by atoms with Crippen LogP contribution in [-0.4, -0.2) is 66.1 Å². The molecule has 2 aromatic carbocycles. The number of halogens is 2.